The minimum atomic E-state index is -6.51. The number of hydrogen-bond acceptors (Lipinski definition) is 12. The maximum Gasteiger partial charge on any atom is 0.523 e. The summed E-state index contributed by atoms with van der Waals surface area (Å²) in [5, 5.41) is 0. The molecule has 12 nitrogen and oxygen atoms in total. The molecule has 6 rings (SSSR count). The van der Waals surface area contributed by atoms with Crippen LogP contribution in [-0.4, -0.2) is 105 Å². The molecule has 0 amide bonds. The molecular weight excluding hydrogens is 1180 g/mol. The number of halogens is 16. The Morgan fingerprint density at radius 1 is 0.372 bits per heavy atom. The SMILES string of the molecule is CCCC1CCC(c2ccc(C3[C@@H](OS(=O)(=O)C(F)(F)F)[C@H](F)C[C@H](F)[C@H]3OS(=O)(=O)C(F)(F)F)cc2)CC1.CCCC1CCC(c2ccc(C3[C@@H](OS(=O)(=O)C(F)(F)F)[C@H](F)C[C@H](F)[C@H]3OS(=O)(=O)C(F)(F)F)cc2)CC1. The van der Waals surface area contributed by atoms with E-state index in [2.05, 4.69) is 30.6 Å². The molecule has 2 aromatic carbocycles. The Morgan fingerprint density at radius 2 is 0.577 bits per heavy atom. The lowest BCUT2D eigenvalue weighted by atomic mass is 9.75. The topological polar surface area (TPSA) is 173 Å². The van der Waals surface area contributed by atoms with Gasteiger partial charge in [0.25, 0.3) is 0 Å². The summed E-state index contributed by atoms with van der Waals surface area (Å²) in [6.07, 6.45) is -13.6. The summed E-state index contributed by atoms with van der Waals surface area (Å²) in [5.74, 6) is -3.30. The molecule has 0 spiro atoms. The van der Waals surface area contributed by atoms with Crippen LogP contribution in [0.25, 0.3) is 0 Å². The normalized spacial score (nSPS) is 31.3. The third kappa shape index (κ3) is 15.7. The summed E-state index contributed by atoms with van der Waals surface area (Å²) < 4.78 is 325. The van der Waals surface area contributed by atoms with Crippen molar-refractivity contribution < 1.29 is 121 Å². The van der Waals surface area contributed by atoms with E-state index in [4.69, 9.17) is 0 Å². The molecule has 4 aliphatic carbocycles. The summed E-state index contributed by atoms with van der Waals surface area (Å²) >= 11 is 0. The Bertz CT molecular complexity index is 2420. The molecule has 2 unspecified atom stereocenters. The van der Waals surface area contributed by atoms with Gasteiger partial charge in [0.05, 0.1) is 0 Å². The van der Waals surface area contributed by atoms with Gasteiger partial charge in [-0.15, -0.1) is 0 Å². The first-order valence-electron chi connectivity index (χ1n) is 24.5. The maximum absolute atomic E-state index is 14.8. The molecule has 0 radical (unpaired) electrons. The fourth-order valence-corrected chi connectivity index (χ4v) is 13.2. The van der Waals surface area contributed by atoms with Gasteiger partial charge < -0.3 is 0 Å². The van der Waals surface area contributed by atoms with Crippen molar-refractivity contribution in [2.75, 3.05) is 0 Å². The smallest absolute Gasteiger partial charge is 0.256 e. The largest absolute Gasteiger partial charge is 0.523 e. The van der Waals surface area contributed by atoms with Crippen LogP contribution in [0.15, 0.2) is 48.5 Å². The van der Waals surface area contributed by atoms with Crippen molar-refractivity contribution in [1.82, 2.24) is 0 Å². The van der Waals surface area contributed by atoms with Crippen molar-refractivity contribution in [3.63, 3.8) is 0 Å². The Hall–Kier alpha value is -3.04. The van der Waals surface area contributed by atoms with Gasteiger partial charge in [-0.3, -0.25) is 16.7 Å². The van der Waals surface area contributed by atoms with Gasteiger partial charge in [0.1, 0.15) is 49.1 Å². The van der Waals surface area contributed by atoms with E-state index < -0.39 is 136 Å². The summed E-state index contributed by atoms with van der Waals surface area (Å²) in [4.78, 5) is 0. The van der Waals surface area contributed by atoms with Crippen molar-refractivity contribution in [3.05, 3.63) is 70.8 Å². The molecule has 4 saturated carbocycles. The summed E-state index contributed by atoms with van der Waals surface area (Å²) in [5.41, 5.74) is -23.4. The van der Waals surface area contributed by atoms with Crippen LogP contribution in [0.1, 0.15) is 150 Å². The first-order valence-corrected chi connectivity index (χ1v) is 30.1. The standard InChI is InChI=1S/2C23H28F8O6S2/c2*1-2-3-13-4-6-14(7-5-13)15-8-10-16(11-9-15)19-20(36-38(32,33)22(26,27)28)17(24)12-18(25)21(19)37-39(34,35)23(29,30)31/h2*8-11,13-14,17-21H,2-7,12H2,1H3/t2*13?,14?,17-,18+,19?,20+,21-. The van der Waals surface area contributed by atoms with Crippen LogP contribution in [0, 0.1) is 11.8 Å². The third-order valence-corrected chi connectivity index (χ3v) is 18.7. The maximum atomic E-state index is 14.8. The first-order chi connectivity index (χ1) is 35.8. The van der Waals surface area contributed by atoms with Crippen LogP contribution in [0.3, 0.4) is 0 Å². The Morgan fingerprint density at radius 3 is 0.769 bits per heavy atom. The average molecular weight is 1230 g/mol. The van der Waals surface area contributed by atoms with E-state index in [1.807, 2.05) is 0 Å². The minimum Gasteiger partial charge on any atom is -0.256 e. The van der Waals surface area contributed by atoms with Gasteiger partial charge in [-0.05, 0) is 97.3 Å². The highest BCUT2D eigenvalue weighted by Gasteiger charge is 2.60. The third-order valence-electron chi connectivity index (χ3n) is 14.5. The average Bonchev–Trinajstić information content (AvgIpc) is 3.32. The minimum absolute atomic E-state index is 0.0802. The first kappa shape index (κ1) is 65.8. The number of rotatable bonds is 16. The van der Waals surface area contributed by atoms with E-state index in [1.54, 1.807) is 0 Å². The highest BCUT2D eigenvalue weighted by atomic mass is 32.2. The van der Waals surface area contributed by atoms with E-state index in [1.165, 1.54) is 24.3 Å². The molecule has 4 aliphatic rings. The van der Waals surface area contributed by atoms with Crippen LogP contribution < -0.4 is 0 Å². The van der Waals surface area contributed by atoms with Gasteiger partial charge >= 0.3 is 62.5 Å². The van der Waals surface area contributed by atoms with E-state index in [-0.39, 0.29) is 23.0 Å². The second-order valence-electron chi connectivity index (χ2n) is 19.8. The molecule has 448 valence electrons. The van der Waals surface area contributed by atoms with Crippen LogP contribution in [-0.2, 0) is 57.2 Å². The van der Waals surface area contributed by atoms with E-state index >= 15 is 0 Å². The zero-order valence-corrected chi connectivity index (χ0v) is 44.4. The van der Waals surface area contributed by atoms with Crippen LogP contribution in [0.4, 0.5) is 70.2 Å². The Balaban J connectivity index is 0.000000287. The van der Waals surface area contributed by atoms with Gasteiger partial charge in [-0.2, -0.15) is 86.4 Å². The molecule has 78 heavy (non-hydrogen) atoms. The summed E-state index contributed by atoms with van der Waals surface area (Å²) in [7, 11) is -26.0. The summed E-state index contributed by atoms with van der Waals surface area (Å²) in [6, 6.07) is 10.4. The van der Waals surface area contributed by atoms with Gasteiger partial charge in [-0.25, -0.2) is 17.6 Å². The van der Waals surface area contributed by atoms with Crippen molar-refractivity contribution >= 4 is 40.5 Å². The highest BCUT2D eigenvalue weighted by Crippen LogP contribution is 2.48. The van der Waals surface area contributed by atoms with Gasteiger partial charge in [-0.1, -0.05) is 88.1 Å². The van der Waals surface area contributed by atoms with E-state index in [0.717, 1.165) is 112 Å². The van der Waals surface area contributed by atoms with E-state index in [9.17, 15) is 104 Å². The van der Waals surface area contributed by atoms with Gasteiger partial charge in [0.15, 0.2) is 0 Å². The lowest BCUT2D eigenvalue weighted by Crippen LogP contribution is -2.53. The van der Waals surface area contributed by atoms with Gasteiger partial charge in [0.2, 0.25) is 0 Å². The molecular formula is C46H56F16O12S4. The second-order valence-corrected chi connectivity index (χ2v) is 26.0. The van der Waals surface area contributed by atoms with Gasteiger partial charge in [0, 0.05) is 24.7 Å². The van der Waals surface area contributed by atoms with Crippen LogP contribution in [0.5, 0.6) is 0 Å². The second kappa shape index (κ2) is 25.2. The molecule has 0 saturated heterocycles. The number of hydrogen-bond donors (Lipinski definition) is 0. The Labute approximate surface area is 440 Å². The quantitative estimate of drug-likeness (QED) is 0.0885. The van der Waals surface area contributed by atoms with E-state index in [0.29, 0.717) is 11.8 Å². The van der Waals surface area contributed by atoms with Crippen molar-refractivity contribution in [3.8, 4) is 0 Å². The number of benzene rings is 2. The molecule has 2 aromatic rings. The molecule has 32 heteroatoms. The molecule has 0 bridgehead atoms. The predicted octanol–water partition coefficient (Wildman–Crippen LogP) is 12.8. The number of alkyl halides is 16. The predicted molar refractivity (Wildman–Crippen MR) is 246 cm³/mol. The van der Waals surface area contributed by atoms with Crippen molar-refractivity contribution in [2.45, 2.75) is 199 Å². The Kier molecular flexibility index (Phi) is 21.3. The molecule has 0 N–H and O–H groups in total. The van der Waals surface area contributed by atoms with Crippen LogP contribution in [0.2, 0.25) is 0 Å². The molecule has 0 aromatic heterocycles. The highest BCUT2D eigenvalue weighted by molar-refractivity contribution is 7.88. The fraction of sp³-hybridized carbons (Fsp3) is 0.739. The lowest BCUT2D eigenvalue weighted by molar-refractivity contribution is -0.0910. The molecule has 0 aliphatic heterocycles. The monoisotopic (exact) mass is 1230 g/mol. The molecule has 10 atom stereocenters. The zero-order valence-electron chi connectivity index (χ0n) is 41.2. The van der Waals surface area contributed by atoms with Crippen molar-refractivity contribution in [2.24, 2.45) is 11.8 Å². The fourth-order valence-electron chi connectivity index (χ4n) is 10.6. The molecule has 0 heterocycles. The van der Waals surface area contributed by atoms with Crippen LogP contribution >= 0.6 is 0 Å². The van der Waals surface area contributed by atoms with Crippen molar-refractivity contribution in [1.29, 1.82) is 0 Å². The molecule has 4 fully saturated rings. The lowest BCUT2D eigenvalue weighted by Gasteiger charge is -2.40. The zero-order chi connectivity index (χ0) is 58.8. The summed E-state index contributed by atoms with van der Waals surface area (Å²) in [6.45, 7) is 4.15.